The summed E-state index contributed by atoms with van der Waals surface area (Å²) in [5.41, 5.74) is -0.598. The molecule has 0 aliphatic rings. The highest BCUT2D eigenvalue weighted by atomic mass is 31.1. The van der Waals surface area contributed by atoms with Crippen molar-refractivity contribution >= 4 is 31.3 Å². The molecule has 0 saturated heterocycles. The number of rotatable bonds is 9. The van der Waals surface area contributed by atoms with Crippen molar-refractivity contribution in [3.8, 4) is 0 Å². The Bertz CT molecular complexity index is 876. The maximum atomic E-state index is 12.2. The number of anilines is 1. The third-order valence-corrected chi connectivity index (χ3v) is 4.22. The first kappa shape index (κ1) is 21.2. The van der Waals surface area contributed by atoms with Crippen molar-refractivity contribution in [2.45, 2.75) is 32.6 Å². The number of hydrogen-bond acceptors (Lipinski definition) is 8. The van der Waals surface area contributed by atoms with E-state index < -0.39 is 26.1 Å². The molecular weight excluding hydrogens is 381 g/mol. The third-order valence-electron chi connectivity index (χ3n) is 3.75. The molecule has 0 spiro atoms. The zero-order chi connectivity index (χ0) is 20.1. The molecule has 3 atom stereocenters. The fourth-order valence-electron chi connectivity index (χ4n) is 2.26. The summed E-state index contributed by atoms with van der Waals surface area (Å²) in [4.78, 5) is 43.8. The number of aliphatic hydroxyl groups is 1. The summed E-state index contributed by atoms with van der Waals surface area (Å²) in [6, 6.07) is 0. The van der Waals surface area contributed by atoms with Crippen LogP contribution in [0.2, 0.25) is 0 Å². The Morgan fingerprint density at radius 2 is 2.19 bits per heavy atom. The van der Waals surface area contributed by atoms with Crippen molar-refractivity contribution in [3.63, 3.8) is 0 Å². The summed E-state index contributed by atoms with van der Waals surface area (Å²) in [5, 5.41) is 11.8. The summed E-state index contributed by atoms with van der Waals surface area (Å²) in [6.45, 7) is 3.01. The van der Waals surface area contributed by atoms with Crippen LogP contribution in [0.25, 0.3) is 11.2 Å². The summed E-state index contributed by atoms with van der Waals surface area (Å²) in [5.74, 6) is -0.774. The smallest absolute Gasteiger partial charge is 0.318 e. The largest absolute Gasteiger partial charge is 0.394 e. The monoisotopic (exact) mass is 403 g/mol. The maximum Gasteiger partial charge on any atom is 0.318 e. The summed E-state index contributed by atoms with van der Waals surface area (Å²) >= 11 is 0. The SMILES string of the molecule is CO[C@H](CO)C[C@@H](O[PH](=O)O)n1cnc2c(=O)[nH]c(NC(=O)C(C)C)nc21. The number of hydrogen-bond donors (Lipinski definition) is 4. The van der Waals surface area contributed by atoms with E-state index >= 15 is 0 Å². The number of imidazole rings is 1. The Morgan fingerprint density at radius 3 is 2.74 bits per heavy atom. The number of aromatic amines is 1. The van der Waals surface area contributed by atoms with E-state index in [1.54, 1.807) is 13.8 Å². The van der Waals surface area contributed by atoms with E-state index in [4.69, 9.17) is 9.26 Å². The minimum atomic E-state index is -3.36. The quantitative estimate of drug-likeness (QED) is 0.421. The van der Waals surface area contributed by atoms with Gasteiger partial charge in [-0.3, -0.25) is 33.5 Å². The molecule has 0 aliphatic heterocycles. The summed E-state index contributed by atoms with van der Waals surface area (Å²) in [6.07, 6.45) is -0.541. The molecule has 1 unspecified atom stereocenters. The van der Waals surface area contributed by atoms with Gasteiger partial charge in [-0.25, -0.2) is 4.98 Å². The molecule has 0 aromatic carbocycles. The standard InChI is InChI=1S/C14H22N5O7P/c1-7(2)12(21)17-14-16-11-10(13(22)18-14)15-6-19(11)9(26-27(23)24)4-8(5-20)25-3/h6-9,20,27H,4-5H2,1-3H3,(H,23,24)(H2,16,17,18,21,22)/t8-,9+/m0/s1. The molecule has 2 aromatic heterocycles. The number of H-pyrrole nitrogens is 1. The normalized spacial score (nSPS) is 15.0. The molecule has 1 amide bonds. The highest BCUT2D eigenvalue weighted by Gasteiger charge is 2.24. The third kappa shape index (κ3) is 5.21. The number of amides is 1. The number of carbonyl (C=O) groups excluding carboxylic acids is 1. The van der Waals surface area contributed by atoms with E-state index in [-0.39, 0.29) is 42.0 Å². The molecule has 27 heavy (non-hydrogen) atoms. The first-order valence-electron chi connectivity index (χ1n) is 8.07. The molecule has 4 N–H and O–H groups in total. The molecule has 0 bridgehead atoms. The van der Waals surface area contributed by atoms with E-state index in [1.807, 2.05) is 0 Å². The highest BCUT2D eigenvalue weighted by molar-refractivity contribution is 7.32. The zero-order valence-electron chi connectivity index (χ0n) is 15.0. The predicted octanol–water partition coefficient (Wildman–Crippen LogP) is 0.00870. The van der Waals surface area contributed by atoms with Crippen LogP contribution in [0, 0.1) is 5.92 Å². The molecule has 0 saturated carbocycles. The van der Waals surface area contributed by atoms with Crippen LogP contribution < -0.4 is 10.9 Å². The van der Waals surface area contributed by atoms with Gasteiger partial charge in [0.25, 0.3) is 5.56 Å². The fraction of sp³-hybridized carbons (Fsp3) is 0.571. The molecule has 0 radical (unpaired) electrons. The van der Waals surface area contributed by atoms with Crippen molar-refractivity contribution in [1.82, 2.24) is 19.5 Å². The van der Waals surface area contributed by atoms with Crippen molar-refractivity contribution in [2.75, 3.05) is 19.0 Å². The molecular formula is C14H22N5O7P. The molecule has 150 valence electrons. The number of methoxy groups -OCH3 is 1. The maximum absolute atomic E-state index is 12.2. The number of fused-ring (bicyclic) bond motifs is 1. The van der Waals surface area contributed by atoms with Crippen molar-refractivity contribution in [3.05, 3.63) is 16.7 Å². The van der Waals surface area contributed by atoms with Crippen molar-refractivity contribution < 1.29 is 28.6 Å². The van der Waals surface area contributed by atoms with E-state index in [1.165, 1.54) is 18.0 Å². The van der Waals surface area contributed by atoms with Gasteiger partial charge in [-0.1, -0.05) is 13.8 Å². The second kappa shape index (κ2) is 9.20. The summed E-state index contributed by atoms with van der Waals surface area (Å²) < 4.78 is 22.6. The van der Waals surface area contributed by atoms with Gasteiger partial charge in [0, 0.05) is 19.4 Å². The topological polar surface area (TPSA) is 169 Å². The minimum Gasteiger partial charge on any atom is -0.394 e. The molecule has 2 aromatic rings. The van der Waals surface area contributed by atoms with Crippen molar-refractivity contribution in [2.24, 2.45) is 5.92 Å². The van der Waals surface area contributed by atoms with Crippen LogP contribution in [-0.4, -0.2) is 55.2 Å². The average Bonchev–Trinajstić information content (AvgIpc) is 3.02. The van der Waals surface area contributed by atoms with Crippen LogP contribution in [0.3, 0.4) is 0 Å². The van der Waals surface area contributed by atoms with Crippen LogP contribution in [0.4, 0.5) is 5.95 Å². The lowest BCUT2D eigenvalue weighted by Crippen LogP contribution is -2.24. The second-order valence-corrected chi connectivity index (χ2v) is 6.76. The average molecular weight is 403 g/mol. The lowest BCUT2D eigenvalue weighted by molar-refractivity contribution is -0.118. The van der Waals surface area contributed by atoms with Crippen molar-refractivity contribution in [1.29, 1.82) is 0 Å². The van der Waals surface area contributed by atoms with Crippen LogP contribution in [0.1, 0.15) is 26.5 Å². The van der Waals surface area contributed by atoms with Gasteiger partial charge in [-0.15, -0.1) is 0 Å². The Balaban J connectivity index is 2.48. The Hall–Kier alpha value is -2.11. The lowest BCUT2D eigenvalue weighted by Gasteiger charge is -2.22. The lowest BCUT2D eigenvalue weighted by atomic mass is 10.2. The van der Waals surface area contributed by atoms with Gasteiger partial charge in [-0.2, -0.15) is 4.98 Å². The first-order valence-corrected chi connectivity index (χ1v) is 9.34. The van der Waals surface area contributed by atoms with Crippen LogP contribution in [-0.2, 0) is 18.6 Å². The molecule has 2 heterocycles. The fourth-order valence-corrected chi connectivity index (χ4v) is 2.70. The van der Waals surface area contributed by atoms with Gasteiger partial charge in [0.2, 0.25) is 11.9 Å². The van der Waals surface area contributed by atoms with Gasteiger partial charge in [0.05, 0.1) is 19.0 Å². The molecule has 13 heteroatoms. The number of aliphatic hydroxyl groups excluding tert-OH is 1. The minimum absolute atomic E-state index is 0.00239. The van der Waals surface area contributed by atoms with E-state index in [9.17, 15) is 24.2 Å². The predicted molar refractivity (Wildman–Crippen MR) is 95.5 cm³/mol. The first-order chi connectivity index (χ1) is 12.8. The Morgan fingerprint density at radius 1 is 1.48 bits per heavy atom. The van der Waals surface area contributed by atoms with E-state index in [0.717, 1.165) is 0 Å². The Labute approximate surface area is 154 Å². The zero-order valence-corrected chi connectivity index (χ0v) is 16.0. The molecule has 0 aliphatic carbocycles. The van der Waals surface area contributed by atoms with Gasteiger partial charge in [0.15, 0.2) is 11.2 Å². The van der Waals surface area contributed by atoms with Gasteiger partial charge >= 0.3 is 8.25 Å². The van der Waals surface area contributed by atoms with Crippen LogP contribution in [0.15, 0.2) is 11.1 Å². The van der Waals surface area contributed by atoms with Gasteiger partial charge in [-0.05, 0) is 0 Å². The van der Waals surface area contributed by atoms with E-state index in [2.05, 4.69) is 20.3 Å². The van der Waals surface area contributed by atoms with E-state index in [0.29, 0.717) is 0 Å². The Kier molecular flexibility index (Phi) is 7.22. The summed E-state index contributed by atoms with van der Waals surface area (Å²) in [7, 11) is -1.99. The number of aromatic nitrogens is 4. The molecule has 12 nitrogen and oxygen atoms in total. The number of carbonyl (C=O) groups is 1. The number of nitrogens with zero attached hydrogens (tertiary/aromatic N) is 3. The molecule has 0 fully saturated rings. The number of ether oxygens (including phenoxy) is 1. The van der Waals surface area contributed by atoms with Gasteiger partial charge in [0.1, 0.15) is 6.23 Å². The highest BCUT2D eigenvalue weighted by Crippen LogP contribution is 2.30. The van der Waals surface area contributed by atoms with Crippen LogP contribution in [0.5, 0.6) is 0 Å². The second-order valence-electron chi connectivity index (χ2n) is 6.00. The van der Waals surface area contributed by atoms with Gasteiger partial charge < -0.3 is 14.7 Å². The molecule has 2 rings (SSSR count). The number of nitrogens with one attached hydrogen (secondary N) is 2. The van der Waals surface area contributed by atoms with Crippen LogP contribution >= 0.6 is 8.25 Å².